The molecule has 6 N–H and O–H groups in total. The Hall–Kier alpha value is -1.73. The van der Waals surface area contributed by atoms with Crippen LogP contribution in [0.2, 0.25) is 0 Å². The Kier molecular flexibility index (Phi) is 2.14. The Morgan fingerprint density at radius 1 is 1.36 bits per heavy atom. The zero-order valence-electron chi connectivity index (χ0n) is 6.75. The third-order valence-corrected chi connectivity index (χ3v) is 1.86. The van der Waals surface area contributed by atoms with Gasteiger partial charge in [-0.05, 0) is 0 Å². The molecule has 0 aliphatic heterocycles. The quantitative estimate of drug-likeness (QED) is 0.320. The fraction of sp³-hybridized carbons (Fsp3) is 0.286. The van der Waals surface area contributed by atoms with Crippen LogP contribution in [0, 0.1) is 0 Å². The Bertz CT molecular complexity index is 342. The van der Waals surface area contributed by atoms with Gasteiger partial charge in [-0.1, -0.05) is 0 Å². The van der Waals surface area contributed by atoms with Crippen LogP contribution in [-0.2, 0) is 4.79 Å². The summed E-state index contributed by atoms with van der Waals surface area (Å²) in [5, 5.41) is 53.6. The molecule has 2 unspecified atom stereocenters. The lowest BCUT2D eigenvalue weighted by Crippen LogP contribution is -2.51. The average Bonchev–Trinajstić information content (AvgIpc) is 2.11. The number of hydrogen-bond donors (Lipinski definition) is 6. The number of aliphatic hydroxyl groups is 5. The van der Waals surface area contributed by atoms with Gasteiger partial charge in [-0.2, -0.15) is 0 Å². The number of hydrogen-bond acceptors (Lipinski definition) is 6. The van der Waals surface area contributed by atoms with E-state index < -0.39 is 35.0 Å². The molecule has 78 valence electrons. The van der Waals surface area contributed by atoms with Crippen LogP contribution in [0.4, 0.5) is 0 Å². The second kappa shape index (κ2) is 2.89. The topological polar surface area (TPSA) is 138 Å². The minimum absolute atomic E-state index is 0.328. The number of carbonyl (C=O) groups is 1. The van der Waals surface area contributed by atoms with Crippen molar-refractivity contribution in [1.82, 2.24) is 0 Å². The summed E-state index contributed by atoms with van der Waals surface area (Å²) in [4.78, 5) is 10.5. The van der Waals surface area contributed by atoms with Crippen LogP contribution in [0.3, 0.4) is 0 Å². The average molecular weight is 204 g/mol. The molecule has 1 rings (SSSR count). The molecule has 0 radical (unpaired) electrons. The Morgan fingerprint density at radius 2 is 1.86 bits per heavy atom. The molecule has 0 amide bonds. The van der Waals surface area contributed by atoms with E-state index in [1.165, 1.54) is 0 Å². The maximum Gasteiger partial charge on any atom is 0.343 e. The van der Waals surface area contributed by atoms with Crippen molar-refractivity contribution in [3.8, 4) is 0 Å². The smallest absolute Gasteiger partial charge is 0.343 e. The third-order valence-electron chi connectivity index (χ3n) is 1.86. The van der Waals surface area contributed by atoms with Gasteiger partial charge in [0.15, 0.2) is 23.4 Å². The summed E-state index contributed by atoms with van der Waals surface area (Å²) in [6.07, 6.45) is -1.90. The first kappa shape index (κ1) is 10.4. The van der Waals surface area contributed by atoms with E-state index >= 15 is 0 Å². The molecule has 0 aromatic heterocycles. The number of aliphatic carboxylic acids is 1. The van der Waals surface area contributed by atoms with Crippen molar-refractivity contribution in [2.75, 3.05) is 0 Å². The molecule has 14 heavy (non-hydrogen) atoms. The van der Waals surface area contributed by atoms with Crippen molar-refractivity contribution in [2.45, 2.75) is 11.7 Å². The summed E-state index contributed by atoms with van der Waals surface area (Å²) in [6, 6.07) is 0. The molecule has 0 heterocycles. The lowest BCUT2D eigenvalue weighted by molar-refractivity contribution is -0.164. The van der Waals surface area contributed by atoms with Crippen molar-refractivity contribution in [2.24, 2.45) is 0 Å². The van der Waals surface area contributed by atoms with E-state index in [1.54, 1.807) is 0 Å². The standard InChI is InChI=1S/C7H8O7/c8-2-1-7(14,6(12)13)5(11)4(10)3(2)9/h1,5,8-11,14H,(H,12,13). The zero-order chi connectivity index (χ0) is 11.1. The van der Waals surface area contributed by atoms with Gasteiger partial charge in [0.1, 0.15) is 0 Å². The minimum atomic E-state index is -2.85. The monoisotopic (exact) mass is 204 g/mol. The van der Waals surface area contributed by atoms with Crippen molar-refractivity contribution < 1.29 is 35.4 Å². The summed E-state index contributed by atoms with van der Waals surface area (Å²) in [7, 11) is 0. The van der Waals surface area contributed by atoms with Crippen molar-refractivity contribution in [1.29, 1.82) is 0 Å². The molecule has 0 aromatic carbocycles. The van der Waals surface area contributed by atoms with E-state index in [9.17, 15) is 9.90 Å². The van der Waals surface area contributed by atoms with E-state index in [1.807, 2.05) is 0 Å². The van der Waals surface area contributed by atoms with Gasteiger partial charge in [0.2, 0.25) is 5.60 Å². The first-order chi connectivity index (χ1) is 6.30. The van der Waals surface area contributed by atoms with Crippen LogP contribution in [0.15, 0.2) is 23.4 Å². The van der Waals surface area contributed by atoms with Gasteiger partial charge in [0.25, 0.3) is 0 Å². The van der Waals surface area contributed by atoms with Crippen LogP contribution >= 0.6 is 0 Å². The number of aliphatic hydroxyl groups excluding tert-OH is 4. The number of carboxylic acid groups (broad SMARTS) is 1. The fourth-order valence-electron chi connectivity index (χ4n) is 1.00. The maximum absolute atomic E-state index is 10.5. The van der Waals surface area contributed by atoms with Crippen molar-refractivity contribution in [3.63, 3.8) is 0 Å². The molecule has 2 atom stereocenters. The maximum atomic E-state index is 10.5. The van der Waals surface area contributed by atoms with Crippen LogP contribution in [0.5, 0.6) is 0 Å². The molecule has 1 aliphatic rings. The molecular weight excluding hydrogens is 196 g/mol. The molecule has 0 bridgehead atoms. The fourth-order valence-corrected chi connectivity index (χ4v) is 1.00. The predicted octanol–water partition coefficient (Wildman–Crippen LogP) is -1.05. The summed E-state index contributed by atoms with van der Waals surface area (Å²) in [5.74, 6) is -5.15. The van der Waals surface area contributed by atoms with Gasteiger partial charge in [0, 0.05) is 6.08 Å². The Balaban J connectivity index is 3.27. The Labute approximate surface area is 77.5 Å². The van der Waals surface area contributed by atoms with E-state index in [0.29, 0.717) is 6.08 Å². The number of carboxylic acids is 1. The van der Waals surface area contributed by atoms with Gasteiger partial charge in [-0.25, -0.2) is 4.79 Å². The SMILES string of the molecule is O=C(O)C1(O)C=C(O)C(O)=C(O)C1O. The summed E-state index contributed by atoms with van der Waals surface area (Å²) in [6.45, 7) is 0. The molecule has 1 aliphatic carbocycles. The normalized spacial score (nSPS) is 32.7. The largest absolute Gasteiger partial charge is 0.506 e. The second-order valence-corrected chi connectivity index (χ2v) is 2.80. The van der Waals surface area contributed by atoms with E-state index in [-0.39, 0.29) is 0 Å². The van der Waals surface area contributed by atoms with Crippen molar-refractivity contribution >= 4 is 5.97 Å². The molecule has 0 saturated carbocycles. The highest BCUT2D eigenvalue weighted by atomic mass is 16.4. The van der Waals surface area contributed by atoms with E-state index in [0.717, 1.165) is 0 Å². The highest BCUT2D eigenvalue weighted by molar-refractivity contribution is 5.82. The second-order valence-electron chi connectivity index (χ2n) is 2.80. The molecule has 7 heteroatoms. The first-order valence-corrected chi connectivity index (χ1v) is 3.49. The van der Waals surface area contributed by atoms with Gasteiger partial charge in [-0.3, -0.25) is 0 Å². The van der Waals surface area contributed by atoms with Gasteiger partial charge in [-0.15, -0.1) is 0 Å². The predicted molar refractivity (Wildman–Crippen MR) is 41.6 cm³/mol. The van der Waals surface area contributed by atoms with Crippen LogP contribution in [-0.4, -0.2) is 48.3 Å². The number of rotatable bonds is 1. The van der Waals surface area contributed by atoms with E-state index in [4.69, 9.17) is 25.5 Å². The lowest BCUT2D eigenvalue weighted by atomic mass is 9.89. The van der Waals surface area contributed by atoms with Gasteiger partial charge in [0.05, 0.1) is 0 Å². The van der Waals surface area contributed by atoms with Crippen molar-refractivity contribution in [3.05, 3.63) is 23.4 Å². The highest BCUT2D eigenvalue weighted by Gasteiger charge is 2.49. The molecule has 7 nitrogen and oxygen atoms in total. The third kappa shape index (κ3) is 1.19. The molecular formula is C7H8O7. The van der Waals surface area contributed by atoms with Crippen LogP contribution in [0.1, 0.15) is 0 Å². The Morgan fingerprint density at radius 3 is 2.29 bits per heavy atom. The molecule has 0 saturated heterocycles. The summed E-state index contributed by atoms with van der Waals surface area (Å²) in [5.41, 5.74) is -2.85. The first-order valence-electron chi connectivity index (χ1n) is 3.49. The molecule has 0 fully saturated rings. The van der Waals surface area contributed by atoms with Crippen LogP contribution < -0.4 is 0 Å². The summed E-state index contributed by atoms with van der Waals surface area (Å²) >= 11 is 0. The minimum Gasteiger partial charge on any atom is -0.506 e. The van der Waals surface area contributed by atoms with E-state index in [2.05, 4.69) is 0 Å². The van der Waals surface area contributed by atoms with Crippen LogP contribution in [0.25, 0.3) is 0 Å². The zero-order valence-corrected chi connectivity index (χ0v) is 6.75. The lowest BCUT2D eigenvalue weighted by Gasteiger charge is -2.28. The molecule has 0 spiro atoms. The van der Waals surface area contributed by atoms with Gasteiger partial charge >= 0.3 is 5.97 Å². The summed E-state index contributed by atoms with van der Waals surface area (Å²) < 4.78 is 0. The molecule has 0 aromatic rings. The van der Waals surface area contributed by atoms with Gasteiger partial charge < -0.3 is 30.6 Å². The highest BCUT2D eigenvalue weighted by Crippen LogP contribution is 2.28.